The number of benzene rings is 3. The van der Waals surface area contributed by atoms with Crippen LogP contribution in [0.3, 0.4) is 0 Å². The van der Waals surface area contributed by atoms with Gasteiger partial charge in [-0.2, -0.15) is 13.2 Å². The number of halogens is 3. The van der Waals surface area contributed by atoms with Crippen molar-refractivity contribution in [2.45, 2.75) is 19.3 Å². The molecular formula is C28H25F3N2O3. The van der Waals surface area contributed by atoms with Gasteiger partial charge < -0.3 is 18.9 Å². The molecule has 0 saturated carbocycles. The minimum atomic E-state index is -4.43. The number of rotatable bonds is 8. The van der Waals surface area contributed by atoms with Crippen molar-refractivity contribution in [3.63, 3.8) is 0 Å². The van der Waals surface area contributed by atoms with Crippen LogP contribution in [0.4, 0.5) is 13.2 Å². The molecule has 8 heteroatoms. The second-order valence-electron chi connectivity index (χ2n) is 8.18. The Morgan fingerprint density at radius 2 is 1.39 bits per heavy atom. The molecule has 0 aliphatic carbocycles. The average molecular weight is 495 g/mol. The van der Waals surface area contributed by atoms with Gasteiger partial charge in [-0.25, -0.2) is 0 Å². The molecule has 0 fully saturated rings. The lowest BCUT2D eigenvalue weighted by molar-refractivity contribution is -0.137. The number of para-hydroxylation sites is 1. The molecule has 0 unspecified atom stereocenters. The molecule has 0 aliphatic rings. The Hall–Kier alpha value is -4.20. The number of hydrogen-bond donors (Lipinski definition) is 0. The second kappa shape index (κ2) is 10.6. The van der Waals surface area contributed by atoms with E-state index < -0.39 is 11.7 Å². The van der Waals surface area contributed by atoms with Crippen molar-refractivity contribution in [2.24, 2.45) is 0 Å². The van der Waals surface area contributed by atoms with E-state index in [9.17, 15) is 18.0 Å². The van der Waals surface area contributed by atoms with E-state index in [-0.39, 0.29) is 19.0 Å². The molecular weight excluding hydrogens is 469 g/mol. The summed E-state index contributed by atoms with van der Waals surface area (Å²) >= 11 is 0. The standard InChI is InChI=1S/C28H25F3N2O3/c1-35-23-15-21(16-24(17-23)36-2)19-33(18-20-9-11-22(12-10-20)28(29,30)31)27(34)25-7-3-4-8-26(25)32-13-5-6-14-32/h3-17H,18-19H2,1-2H3. The third-order valence-corrected chi connectivity index (χ3v) is 5.74. The van der Waals surface area contributed by atoms with Crippen LogP contribution in [0.15, 0.2) is 91.3 Å². The maximum atomic E-state index is 13.9. The highest BCUT2D eigenvalue weighted by Gasteiger charge is 2.30. The summed E-state index contributed by atoms with van der Waals surface area (Å²) in [5, 5.41) is 0. The summed E-state index contributed by atoms with van der Waals surface area (Å²) < 4.78 is 51.7. The predicted molar refractivity (Wildman–Crippen MR) is 130 cm³/mol. The van der Waals surface area contributed by atoms with Crippen LogP contribution in [0.2, 0.25) is 0 Å². The van der Waals surface area contributed by atoms with Gasteiger partial charge in [0.1, 0.15) is 11.5 Å². The number of methoxy groups -OCH3 is 2. The van der Waals surface area contributed by atoms with Crippen LogP contribution in [0, 0.1) is 0 Å². The van der Waals surface area contributed by atoms with Crippen molar-refractivity contribution in [3.05, 3.63) is 114 Å². The molecule has 0 saturated heterocycles. The third-order valence-electron chi connectivity index (χ3n) is 5.74. The lowest BCUT2D eigenvalue weighted by Gasteiger charge is -2.25. The van der Waals surface area contributed by atoms with Gasteiger partial charge in [-0.05, 0) is 59.7 Å². The summed E-state index contributed by atoms with van der Waals surface area (Å²) in [5.74, 6) is 0.874. The zero-order chi connectivity index (χ0) is 25.7. The van der Waals surface area contributed by atoms with Gasteiger partial charge in [0.25, 0.3) is 5.91 Å². The number of nitrogens with zero attached hydrogens (tertiary/aromatic N) is 2. The Kier molecular flexibility index (Phi) is 7.33. The van der Waals surface area contributed by atoms with Gasteiger partial charge in [-0.3, -0.25) is 4.79 Å². The Balaban J connectivity index is 1.71. The van der Waals surface area contributed by atoms with Gasteiger partial charge in [-0.15, -0.1) is 0 Å². The first-order valence-electron chi connectivity index (χ1n) is 11.2. The summed E-state index contributed by atoms with van der Waals surface area (Å²) in [6, 6.07) is 21.1. The van der Waals surface area contributed by atoms with E-state index in [1.807, 2.05) is 41.2 Å². The van der Waals surface area contributed by atoms with Gasteiger partial charge in [0, 0.05) is 31.5 Å². The molecule has 0 aliphatic heterocycles. The molecule has 0 atom stereocenters. The van der Waals surface area contributed by atoms with Crippen molar-refractivity contribution in [1.82, 2.24) is 9.47 Å². The third kappa shape index (κ3) is 5.71. The number of carbonyl (C=O) groups excluding carboxylic acids is 1. The van der Waals surface area contributed by atoms with Gasteiger partial charge in [0.15, 0.2) is 0 Å². The molecule has 186 valence electrons. The fraction of sp³-hybridized carbons (Fsp3) is 0.179. The van der Waals surface area contributed by atoms with Crippen LogP contribution >= 0.6 is 0 Å². The van der Waals surface area contributed by atoms with Crippen LogP contribution in [0.5, 0.6) is 11.5 Å². The summed E-state index contributed by atoms with van der Waals surface area (Å²) in [4.78, 5) is 15.5. The Bertz CT molecular complexity index is 1290. The largest absolute Gasteiger partial charge is 0.497 e. The number of hydrogen-bond acceptors (Lipinski definition) is 3. The average Bonchev–Trinajstić information content (AvgIpc) is 3.42. The first kappa shape index (κ1) is 24.9. The van der Waals surface area contributed by atoms with E-state index in [2.05, 4.69) is 0 Å². The quantitative estimate of drug-likeness (QED) is 0.287. The van der Waals surface area contributed by atoms with Crippen LogP contribution in [-0.2, 0) is 19.3 Å². The van der Waals surface area contributed by atoms with Crippen LogP contribution in [-0.4, -0.2) is 29.6 Å². The molecule has 4 aromatic rings. The SMILES string of the molecule is COc1cc(CN(Cc2ccc(C(F)(F)F)cc2)C(=O)c2ccccc2-n2cccc2)cc(OC)c1. The first-order chi connectivity index (χ1) is 17.3. The first-order valence-corrected chi connectivity index (χ1v) is 11.2. The smallest absolute Gasteiger partial charge is 0.416 e. The van der Waals surface area contributed by atoms with Crippen LogP contribution in [0.1, 0.15) is 27.0 Å². The number of amides is 1. The predicted octanol–water partition coefficient (Wildman–Crippen LogP) is 6.36. The fourth-order valence-electron chi connectivity index (χ4n) is 3.94. The van der Waals surface area contributed by atoms with Gasteiger partial charge in [0.05, 0.1) is 31.0 Å². The zero-order valence-corrected chi connectivity index (χ0v) is 19.8. The van der Waals surface area contributed by atoms with Gasteiger partial charge in [0.2, 0.25) is 0 Å². The molecule has 5 nitrogen and oxygen atoms in total. The molecule has 0 bridgehead atoms. The Labute approximate surface area is 207 Å². The summed E-state index contributed by atoms with van der Waals surface area (Å²) in [6.45, 7) is 0.296. The lowest BCUT2D eigenvalue weighted by atomic mass is 10.1. The van der Waals surface area contributed by atoms with E-state index in [0.717, 1.165) is 17.7 Å². The number of aromatic nitrogens is 1. The molecule has 0 radical (unpaired) electrons. The van der Waals surface area contributed by atoms with Crippen LogP contribution in [0.25, 0.3) is 5.69 Å². The van der Waals surface area contributed by atoms with E-state index in [1.54, 1.807) is 35.2 Å². The molecule has 36 heavy (non-hydrogen) atoms. The highest BCUT2D eigenvalue weighted by Crippen LogP contribution is 2.30. The Morgan fingerprint density at radius 1 is 0.806 bits per heavy atom. The summed E-state index contributed by atoms with van der Waals surface area (Å²) in [6.07, 6.45) is -0.737. The topological polar surface area (TPSA) is 43.7 Å². The summed E-state index contributed by atoms with van der Waals surface area (Å²) in [7, 11) is 3.08. The maximum Gasteiger partial charge on any atom is 0.416 e. The molecule has 1 amide bonds. The number of alkyl halides is 3. The molecule has 0 spiro atoms. The second-order valence-corrected chi connectivity index (χ2v) is 8.18. The minimum absolute atomic E-state index is 0.108. The monoisotopic (exact) mass is 494 g/mol. The van der Waals surface area contributed by atoms with Crippen LogP contribution < -0.4 is 9.47 Å². The van der Waals surface area contributed by atoms with Gasteiger partial charge >= 0.3 is 6.18 Å². The van der Waals surface area contributed by atoms with Crippen molar-refractivity contribution in [1.29, 1.82) is 0 Å². The Morgan fingerprint density at radius 3 is 1.97 bits per heavy atom. The van der Waals surface area contributed by atoms with Crippen molar-refractivity contribution in [3.8, 4) is 17.2 Å². The highest BCUT2D eigenvalue weighted by atomic mass is 19.4. The molecule has 4 rings (SSSR count). The number of ether oxygens (including phenoxy) is 2. The fourth-order valence-corrected chi connectivity index (χ4v) is 3.94. The van der Waals surface area contributed by atoms with Crippen molar-refractivity contribution >= 4 is 5.91 Å². The lowest BCUT2D eigenvalue weighted by Crippen LogP contribution is -2.31. The van der Waals surface area contributed by atoms with E-state index in [4.69, 9.17) is 9.47 Å². The normalized spacial score (nSPS) is 11.2. The summed E-state index contributed by atoms with van der Waals surface area (Å²) in [5.41, 5.74) is 1.76. The molecule has 1 aromatic heterocycles. The zero-order valence-electron chi connectivity index (χ0n) is 19.8. The molecule has 3 aromatic carbocycles. The minimum Gasteiger partial charge on any atom is -0.497 e. The molecule has 0 N–H and O–H groups in total. The molecule has 1 heterocycles. The van der Waals surface area contributed by atoms with E-state index in [0.29, 0.717) is 28.3 Å². The van der Waals surface area contributed by atoms with E-state index in [1.165, 1.54) is 26.4 Å². The van der Waals surface area contributed by atoms with Crippen molar-refractivity contribution in [2.75, 3.05) is 14.2 Å². The van der Waals surface area contributed by atoms with Gasteiger partial charge in [-0.1, -0.05) is 24.3 Å². The number of carbonyl (C=O) groups is 1. The highest BCUT2D eigenvalue weighted by molar-refractivity contribution is 5.97. The van der Waals surface area contributed by atoms with E-state index >= 15 is 0 Å². The maximum absolute atomic E-state index is 13.9. The van der Waals surface area contributed by atoms with Crippen molar-refractivity contribution < 1.29 is 27.4 Å².